The van der Waals surface area contributed by atoms with E-state index in [0.717, 1.165) is 49.4 Å². The molecule has 0 saturated carbocycles. The van der Waals surface area contributed by atoms with E-state index >= 15 is 0 Å². The molecule has 0 saturated heterocycles. The zero-order chi connectivity index (χ0) is 33.4. The molecule has 238 valence electrons. The van der Waals surface area contributed by atoms with E-state index < -0.39 is 12.0 Å². The number of carbonyl (C=O) groups is 1. The van der Waals surface area contributed by atoms with Crippen molar-refractivity contribution < 1.29 is 9.53 Å². The number of aryl methyl sites for hydroxylation is 1. The van der Waals surface area contributed by atoms with E-state index in [2.05, 4.69) is 63.0 Å². The van der Waals surface area contributed by atoms with E-state index in [1.807, 2.05) is 92.7 Å². The maximum Gasteiger partial charge on any atom is 0.338 e. The van der Waals surface area contributed by atoms with Gasteiger partial charge in [-0.2, -0.15) is 0 Å². The summed E-state index contributed by atoms with van der Waals surface area (Å²) < 4.78 is 10.9. The van der Waals surface area contributed by atoms with Crippen molar-refractivity contribution in [1.82, 2.24) is 9.13 Å². The number of aromatic nitrogens is 2. The van der Waals surface area contributed by atoms with Crippen LogP contribution in [0.2, 0.25) is 0 Å². The summed E-state index contributed by atoms with van der Waals surface area (Å²) in [5.41, 5.74) is 8.51. The number of allylic oxidation sites excluding steroid dienone is 1. The number of nitrogens with zero attached hydrogens (tertiary/aromatic N) is 3. The number of fused-ring (bicyclic) bond motifs is 1. The summed E-state index contributed by atoms with van der Waals surface area (Å²) >= 11 is 4.92. The topological polar surface area (TPSA) is 65.6 Å². The molecule has 2 aromatic heterocycles. The molecule has 7 rings (SSSR count). The molecule has 1 aliphatic rings. The van der Waals surface area contributed by atoms with Crippen molar-refractivity contribution in [2.75, 3.05) is 6.61 Å². The van der Waals surface area contributed by atoms with Gasteiger partial charge in [0, 0.05) is 15.7 Å². The van der Waals surface area contributed by atoms with Crippen molar-refractivity contribution in [3.8, 4) is 28.2 Å². The zero-order valence-electron chi connectivity index (χ0n) is 26.7. The van der Waals surface area contributed by atoms with Crippen LogP contribution in [0.5, 0.6) is 0 Å². The summed E-state index contributed by atoms with van der Waals surface area (Å²) in [7, 11) is 0. The van der Waals surface area contributed by atoms with E-state index in [9.17, 15) is 9.59 Å². The van der Waals surface area contributed by atoms with Crippen LogP contribution in [-0.2, 0) is 9.53 Å². The zero-order valence-corrected chi connectivity index (χ0v) is 29.1. The van der Waals surface area contributed by atoms with Gasteiger partial charge in [0.2, 0.25) is 0 Å². The van der Waals surface area contributed by atoms with Crippen LogP contribution in [0, 0.1) is 6.92 Å². The standard InChI is InChI=1S/C40H32BrN3O3S/c1-4-47-39(46)35-26(3)42-40-44(37(35)29-17-15-25(2)16-18-29)38(45)34(48-40)24-30-23-33(27-11-7-5-8-12-27)43(32-21-19-31(41)20-22-32)36(30)28-13-9-6-10-14-28/h5-24,37H,4H2,1-3H3/b34-24-. The summed E-state index contributed by atoms with van der Waals surface area (Å²) in [6.45, 7) is 5.82. The second-order valence-electron chi connectivity index (χ2n) is 11.6. The molecule has 6 nitrogen and oxygen atoms in total. The van der Waals surface area contributed by atoms with E-state index in [1.54, 1.807) is 11.5 Å². The summed E-state index contributed by atoms with van der Waals surface area (Å²) in [6.07, 6.45) is 1.96. The van der Waals surface area contributed by atoms with Crippen LogP contribution in [0.15, 0.2) is 141 Å². The van der Waals surface area contributed by atoms with Crippen LogP contribution < -0.4 is 14.9 Å². The maximum absolute atomic E-state index is 14.5. The lowest BCUT2D eigenvalue weighted by Gasteiger charge is -2.24. The van der Waals surface area contributed by atoms with Crippen LogP contribution in [0.4, 0.5) is 0 Å². The monoisotopic (exact) mass is 713 g/mol. The van der Waals surface area contributed by atoms with Gasteiger partial charge >= 0.3 is 5.97 Å². The maximum atomic E-state index is 14.5. The fourth-order valence-corrected chi connectivity index (χ4v) is 7.51. The number of halogens is 1. The second-order valence-corrected chi connectivity index (χ2v) is 13.5. The summed E-state index contributed by atoms with van der Waals surface area (Å²) in [4.78, 5) is 33.2. The Morgan fingerprint density at radius 3 is 2.19 bits per heavy atom. The minimum Gasteiger partial charge on any atom is -0.463 e. The molecule has 0 bridgehead atoms. The Bertz CT molecular complexity index is 2350. The van der Waals surface area contributed by atoms with E-state index in [-0.39, 0.29) is 12.2 Å². The van der Waals surface area contributed by atoms with Crippen molar-refractivity contribution in [2.24, 2.45) is 4.99 Å². The van der Waals surface area contributed by atoms with Gasteiger partial charge in [-0.05, 0) is 73.9 Å². The summed E-state index contributed by atoms with van der Waals surface area (Å²) in [6, 6.07) is 38.1. The molecule has 0 N–H and O–H groups in total. The van der Waals surface area contributed by atoms with E-state index in [1.165, 1.54) is 11.3 Å². The minimum absolute atomic E-state index is 0.213. The van der Waals surface area contributed by atoms with Gasteiger partial charge in [0.25, 0.3) is 5.56 Å². The number of thiazole rings is 1. The smallest absolute Gasteiger partial charge is 0.338 e. The predicted molar refractivity (Wildman–Crippen MR) is 196 cm³/mol. The quantitative estimate of drug-likeness (QED) is 0.158. The molecule has 0 amide bonds. The third-order valence-corrected chi connectivity index (χ3v) is 9.94. The number of carbonyl (C=O) groups excluding carboxylic acids is 1. The first-order valence-corrected chi connectivity index (χ1v) is 17.3. The Kier molecular flexibility index (Phi) is 8.69. The van der Waals surface area contributed by atoms with Crippen molar-refractivity contribution in [3.05, 3.63) is 167 Å². The predicted octanol–water partition coefficient (Wildman–Crippen LogP) is 7.99. The minimum atomic E-state index is -0.663. The fourth-order valence-electron chi connectivity index (χ4n) is 6.21. The molecule has 0 radical (unpaired) electrons. The Labute approximate surface area is 290 Å². The average Bonchev–Trinajstić information content (AvgIpc) is 3.62. The number of ether oxygens (including phenoxy) is 1. The van der Waals surface area contributed by atoms with Crippen LogP contribution >= 0.6 is 27.3 Å². The second kappa shape index (κ2) is 13.2. The normalized spacial score (nSPS) is 14.5. The Morgan fingerprint density at radius 1 is 0.896 bits per heavy atom. The molecule has 1 unspecified atom stereocenters. The SMILES string of the molecule is CCOC(=O)C1=C(C)N=c2s/c(=C\c3cc(-c4ccccc4)n(-c4ccc(Br)cc4)c3-c3ccccc3)c(=O)n2C1c1ccc(C)cc1. The largest absolute Gasteiger partial charge is 0.463 e. The van der Waals surface area contributed by atoms with Gasteiger partial charge in [0.05, 0.1) is 39.8 Å². The Balaban J connectivity index is 1.51. The molecule has 6 aromatic rings. The molecule has 0 aliphatic carbocycles. The molecule has 4 aromatic carbocycles. The lowest BCUT2D eigenvalue weighted by atomic mass is 9.95. The Hall–Kier alpha value is -5.05. The first kappa shape index (κ1) is 31.5. The number of benzene rings is 4. The van der Waals surface area contributed by atoms with Crippen molar-refractivity contribution >= 4 is 39.3 Å². The molecule has 0 fully saturated rings. The van der Waals surface area contributed by atoms with Gasteiger partial charge in [0.15, 0.2) is 4.80 Å². The van der Waals surface area contributed by atoms with Gasteiger partial charge in [-0.15, -0.1) is 0 Å². The lowest BCUT2D eigenvalue weighted by Crippen LogP contribution is -2.39. The molecule has 8 heteroatoms. The summed E-state index contributed by atoms with van der Waals surface area (Å²) in [5.74, 6) is -0.468. The van der Waals surface area contributed by atoms with Crippen molar-refractivity contribution in [3.63, 3.8) is 0 Å². The van der Waals surface area contributed by atoms with Gasteiger partial charge in [-0.3, -0.25) is 9.36 Å². The van der Waals surface area contributed by atoms with Crippen LogP contribution in [0.1, 0.15) is 36.6 Å². The molecule has 1 aliphatic heterocycles. The highest BCUT2D eigenvalue weighted by Gasteiger charge is 2.33. The molecule has 1 atom stereocenters. The van der Waals surface area contributed by atoms with Crippen LogP contribution in [0.25, 0.3) is 34.3 Å². The van der Waals surface area contributed by atoms with Gasteiger partial charge < -0.3 is 9.30 Å². The third-order valence-electron chi connectivity index (χ3n) is 8.43. The molecule has 0 spiro atoms. The van der Waals surface area contributed by atoms with Crippen molar-refractivity contribution in [2.45, 2.75) is 26.8 Å². The van der Waals surface area contributed by atoms with Gasteiger partial charge in [0.1, 0.15) is 0 Å². The molecular weight excluding hydrogens is 682 g/mol. The molecular formula is C40H32BrN3O3S. The highest BCUT2D eigenvalue weighted by atomic mass is 79.9. The number of hydrogen-bond acceptors (Lipinski definition) is 5. The Morgan fingerprint density at radius 2 is 1.54 bits per heavy atom. The van der Waals surface area contributed by atoms with Crippen molar-refractivity contribution in [1.29, 1.82) is 0 Å². The number of rotatable bonds is 7. The number of hydrogen-bond donors (Lipinski definition) is 0. The van der Waals surface area contributed by atoms with Crippen LogP contribution in [0.3, 0.4) is 0 Å². The molecule has 48 heavy (non-hydrogen) atoms. The van der Waals surface area contributed by atoms with Gasteiger partial charge in [-0.1, -0.05) is 118 Å². The highest BCUT2D eigenvalue weighted by molar-refractivity contribution is 9.10. The van der Waals surface area contributed by atoms with E-state index in [0.29, 0.717) is 20.6 Å². The molecule has 3 heterocycles. The first-order valence-electron chi connectivity index (χ1n) is 15.7. The first-order chi connectivity index (χ1) is 23.3. The van der Waals surface area contributed by atoms with E-state index in [4.69, 9.17) is 9.73 Å². The lowest BCUT2D eigenvalue weighted by molar-refractivity contribution is -0.139. The summed E-state index contributed by atoms with van der Waals surface area (Å²) in [5, 5.41) is 0. The number of esters is 1. The fraction of sp³-hybridized carbons (Fsp3) is 0.125. The van der Waals surface area contributed by atoms with Gasteiger partial charge in [-0.25, -0.2) is 9.79 Å². The van der Waals surface area contributed by atoms with Crippen LogP contribution in [-0.4, -0.2) is 21.7 Å². The third kappa shape index (κ3) is 5.82. The highest BCUT2D eigenvalue weighted by Crippen LogP contribution is 2.37. The average molecular weight is 715 g/mol.